The van der Waals surface area contributed by atoms with Crippen molar-refractivity contribution in [2.24, 2.45) is 0 Å². The lowest BCUT2D eigenvalue weighted by Gasteiger charge is -2.13. The van der Waals surface area contributed by atoms with Crippen LogP contribution in [0.1, 0.15) is 41.9 Å². The highest BCUT2D eigenvalue weighted by Gasteiger charge is 2.26. The Morgan fingerprint density at radius 3 is 2.47 bits per heavy atom. The van der Waals surface area contributed by atoms with E-state index in [0.717, 1.165) is 18.4 Å². The van der Waals surface area contributed by atoms with Crippen LogP contribution in [-0.4, -0.2) is 11.1 Å². The molecule has 0 spiro atoms. The molecule has 1 unspecified atom stereocenters. The first-order valence-electron chi connectivity index (χ1n) is 6.52. The molecule has 1 aromatic carbocycles. The van der Waals surface area contributed by atoms with Gasteiger partial charge in [-0.1, -0.05) is 37.3 Å². The predicted octanol–water partition coefficient (Wildman–Crippen LogP) is 3.06. The molecule has 0 amide bonds. The summed E-state index contributed by atoms with van der Waals surface area (Å²) in [5.41, 5.74) is 1.47. The van der Waals surface area contributed by atoms with Crippen LogP contribution >= 0.6 is 0 Å². The number of aromatic nitrogens is 1. The zero-order valence-electron chi connectivity index (χ0n) is 11.0. The maximum Gasteiger partial charge on any atom is 0.401 e. The van der Waals surface area contributed by atoms with E-state index in [0.29, 0.717) is 5.69 Å². The molecule has 0 aliphatic heterocycles. The zero-order chi connectivity index (χ0) is 13.7. The number of carboxylic acids is 1. The first-order valence-corrected chi connectivity index (χ1v) is 6.52. The average molecular weight is 256 g/mol. The molecule has 0 aliphatic rings. The summed E-state index contributed by atoms with van der Waals surface area (Å²) in [6, 6.07) is 15.4. The van der Waals surface area contributed by atoms with Crippen LogP contribution in [0, 0.1) is 0 Å². The molecule has 0 aliphatic carbocycles. The maximum atomic E-state index is 11.3. The molecule has 1 aromatic heterocycles. The van der Waals surface area contributed by atoms with Gasteiger partial charge in [-0.25, -0.2) is 4.79 Å². The average Bonchev–Trinajstić information content (AvgIpc) is 2.45. The number of nitrogens with zero attached hydrogens (tertiary/aromatic N) is 1. The minimum Gasteiger partial charge on any atom is -0.473 e. The highest BCUT2D eigenvalue weighted by molar-refractivity contribution is 5.83. The van der Waals surface area contributed by atoms with Gasteiger partial charge >= 0.3 is 5.97 Å². The van der Waals surface area contributed by atoms with Crippen LogP contribution in [-0.2, 0) is 0 Å². The molecule has 1 N–H and O–H groups in total. The van der Waals surface area contributed by atoms with Gasteiger partial charge in [0.05, 0.1) is 0 Å². The minimum absolute atomic E-state index is 0.0681. The third-order valence-corrected chi connectivity index (χ3v) is 3.19. The Morgan fingerprint density at radius 2 is 1.84 bits per heavy atom. The number of benzene rings is 1. The van der Waals surface area contributed by atoms with Crippen LogP contribution in [0.2, 0.25) is 0 Å². The molecule has 0 bridgehead atoms. The molecular weight excluding hydrogens is 238 g/mol. The van der Waals surface area contributed by atoms with E-state index in [1.165, 1.54) is 0 Å². The third-order valence-electron chi connectivity index (χ3n) is 3.19. The van der Waals surface area contributed by atoms with Crippen molar-refractivity contribution in [3.8, 4) is 0 Å². The summed E-state index contributed by atoms with van der Waals surface area (Å²) in [6.45, 7) is 2.11. The predicted molar refractivity (Wildman–Crippen MR) is 73.1 cm³/mol. The summed E-state index contributed by atoms with van der Waals surface area (Å²) < 4.78 is 1.85. The van der Waals surface area contributed by atoms with Gasteiger partial charge in [0.25, 0.3) is 5.69 Å². The molecule has 3 nitrogen and oxygen atoms in total. The van der Waals surface area contributed by atoms with E-state index in [4.69, 9.17) is 0 Å². The van der Waals surface area contributed by atoms with Gasteiger partial charge < -0.3 is 5.11 Å². The molecule has 0 saturated carbocycles. The Hall–Kier alpha value is -2.16. The molecule has 1 heterocycles. The van der Waals surface area contributed by atoms with Crippen molar-refractivity contribution < 1.29 is 14.5 Å². The first-order chi connectivity index (χ1) is 9.24. The molecular formula is C16H18NO2+. The van der Waals surface area contributed by atoms with Gasteiger partial charge in [-0.15, -0.1) is 0 Å². The van der Waals surface area contributed by atoms with E-state index in [1.54, 1.807) is 12.1 Å². The molecule has 98 valence electrons. The summed E-state index contributed by atoms with van der Waals surface area (Å²) in [4.78, 5) is 11.3. The SMILES string of the molecule is CCCC(c1ccccc1)[n+]1ccccc1C(=O)O. The van der Waals surface area contributed by atoms with Crippen molar-refractivity contribution in [3.63, 3.8) is 0 Å². The molecule has 3 heteroatoms. The van der Waals surface area contributed by atoms with Crippen molar-refractivity contribution in [1.82, 2.24) is 0 Å². The van der Waals surface area contributed by atoms with Crippen molar-refractivity contribution in [3.05, 3.63) is 66.0 Å². The van der Waals surface area contributed by atoms with E-state index in [-0.39, 0.29) is 6.04 Å². The number of carbonyl (C=O) groups is 1. The minimum atomic E-state index is -0.891. The van der Waals surface area contributed by atoms with Gasteiger partial charge in [0.2, 0.25) is 0 Å². The van der Waals surface area contributed by atoms with Crippen LogP contribution in [0.5, 0.6) is 0 Å². The summed E-state index contributed by atoms with van der Waals surface area (Å²) >= 11 is 0. The fourth-order valence-electron chi connectivity index (χ4n) is 2.32. The first kappa shape index (κ1) is 13.3. The Kier molecular flexibility index (Phi) is 4.29. The molecule has 0 saturated heterocycles. The molecule has 2 rings (SSSR count). The second kappa shape index (κ2) is 6.14. The third kappa shape index (κ3) is 2.99. The standard InChI is InChI=1S/C16H17NO2/c1-2-8-14(13-9-4-3-5-10-13)17-12-7-6-11-15(17)16(18)19/h3-7,9-12,14H,2,8H2,1H3/p+1. The molecule has 19 heavy (non-hydrogen) atoms. The molecule has 0 fully saturated rings. The van der Waals surface area contributed by atoms with Crippen molar-refractivity contribution >= 4 is 5.97 Å². The summed E-state index contributed by atoms with van der Waals surface area (Å²) in [6.07, 6.45) is 3.76. The van der Waals surface area contributed by atoms with E-state index in [2.05, 4.69) is 6.92 Å². The van der Waals surface area contributed by atoms with Crippen molar-refractivity contribution in [2.45, 2.75) is 25.8 Å². The second-order valence-electron chi connectivity index (χ2n) is 4.51. The lowest BCUT2D eigenvalue weighted by Crippen LogP contribution is -2.45. The molecule has 2 aromatic rings. The number of rotatable bonds is 5. The van der Waals surface area contributed by atoms with Gasteiger partial charge in [-0.05, 0) is 12.5 Å². The van der Waals surface area contributed by atoms with E-state index in [1.807, 2.05) is 47.2 Å². The van der Waals surface area contributed by atoms with Crippen LogP contribution in [0.3, 0.4) is 0 Å². The van der Waals surface area contributed by atoms with Crippen LogP contribution < -0.4 is 4.57 Å². The zero-order valence-corrected chi connectivity index (χ0v) is 11.0. The van der Waals surface area contributed by atoms with Gasteiger partial charge in [0.15, 0.2) is 12.2 Å². The number of hydrogen-bond acceptors (Lipinski definition) is 1. The van der Waals surface area contributed by atoms with Gasteiger partial charge in [-0.3, -0.25) is 0 Å². The van der Waals surface area contributed by atoms with Crippen LogP contribution in [0.4, 0.5) is 0 Å². The normalized spacial score (nSPS) is 12.1. The fraction of sp³-hybridized carbons (Fsp3) is 0.250. The second-order valence-corrected chi connectivity index (χ2v) is 4.51. The quantitative estimate of drug-likeness (QED) is 0.835. The highest BCUT2D eigenvalue weighted by Crippen LogP contribution is 2.18. The van der Waals surface area contributed by atoms with E-state index >= 15 is 0 Å². The fourth-order valence-corrected chi connectivity index (χ4v) is 2.32. The lowest BCUT2D eigenvalue weighted by atomic mass is 10.0. The smallest absolute Gasteiger partial charge is 0.401 e. The Balaban J connectivity index is 2.48. The summed E-state index contributed by atoms with van der Waals surface area (Å²) in [7, 11) is 0. The van der Waals surface area contributed by atoms with Crippen LogP contribution in [0.15, 0.2) is 54.7 Å². The van der Waals surface area contributed by atoms with Crippen molar-refractivity contribution in [1.29, 1.82) is 0 Å². The van der Waals surface area contributed by atoms with Gasteiger partial charge in [0.1, 0.15) is 0 Å². The highest BCUT2D eigenvalue weighted by atomic mass is 16.4. The van der Waals surface area contributed by atoms with Crippen molar-refractivity contribution in [2.75, 3.05) is 0 Å². The number of aromatic carboxylic acids is 1. The monoisotopic (exact) mass is 256 g/mol. The van der Waals surface area contributed by atoms with Crippen LogP contribution in [0.25, 0.3) is 0 Å². The molecule has 0 radical (unpaired) electrons. The summed E-state index contributed by atoms with van der Waals surface area (Å²) in [5, 5.41) is 9.31. The lowest BCUT2D eigenvalue weighted by molar-refractivity contribution is -0.716. The van der Waals surface area contributed by atoms with Gasteiger partial charge in [-0.2, -0.15) is 4.57 Å². The van der Waals surface area contributed by atoms with E-state index in [9.17, 15) is 9.90 Å². The topological polar surface area (TPSA) is 41.2 Å². The largest absolute Gasteiger partial charge is 0.473 e. The Labute approximate surface area is 113 Å². The number of carboxylic acid groups (broad SMARTS) is 1. The maximum absolute atomic E-state index is 11.3. The Bertz CT molecular complexity index is 552. The number of hydrogen-bond donors (Lipinski definition) is 1. The number of pyridine rings is 1. The van der Waals surface area contributed by atoms with Gasteiger partial charge in [0, 0.05) is 24.1 Å². The van der Waals surface area contributed by atoms with E-state index < -0.39 is 5.97 Å². The Morgan fingerprint density at radius 1 is 1.16 bits per heavy atom. The summed E-state index contributed by atoms with van der Waals surface area (Å²) in [5.74, 6) is -0.891. The molecule has 1 atom stereocenters.